The molecule has 198 valence electrons. The molecule has 0 saturated carbocycles. The van der Waals surface area contributed by atoms with Gasteiger partial charge in [-0.2, -0.15) is 0 Å². The van der Waals surface area contributed by atoms with Crippen molar-refractivity contribution in [2.75, 3.05) is 6.54 Å². The highest BCUT2D eigenvalue weighted by Gasteiger charge is 2.24. The average Bonchev–Trinajstić information content (AvgIpc) is 3.49. The van der Waals surface area contributed by atoms with Gasteiger partial charge in [0.1, 0.15) is 11.9 Å². The van der Waals surface area contributed by atoms with E-state index >= 15 is 0 Å². The number of aromatic nitrogens is 2. The Morgan fingerprint density at radius 2 is 1.92 bits per heavy atom. The van der Waals surface area contributed by atoms with Gasteiger partial charge >= 0.3 is 0 Å². The Kier molecular flexibility index (Phi) is 8.58. The summed E-state index contributed by atoms with van der Waals surface area (Å²) in [6.07, 6.45) is 9.21. The van der Waals surface area contributed by atoms with Gasteiger partial charge in [0, 0.05) is 52.7 Å². The van der Waals surface area contributed by atoms with Crippen LogP contribution in [0.4, 0.5) is 0 Å². The summed E-state index contributed by atoms with van der Waals surface area (Å²) in [7, 11) is 0. The summed E-state index contributed by atoms with van der Waals surface area (Å²) in [5, 5.41) is 2.80. The minimum absolute atomic E-state index is 0.123. The monoisotopic (exact) mass is 537 g/mol. The zero-order valence-electron chi connectivity index (χ0n) is 21.7. The van der Waals surface area contributed by atoms with E-state index in [0.29, 0.717) is 30.8 Å². The van der Waals surface area contributed by atoms with Crippen molar-refractivity contribution in [1.29, 1.82) is 0 Å². The van der Waals surface area contributed by atoms with Crippen LogP contribution in [0.25, 0.3) is 0 Å². The fraction of sp³-hybridized carbons (Fsp3) is 0.219. The lowest BCUT2D eigenvalue weighted by atomic mass is 9.87. The number of nitrogens with one attached hydrogen (secondary N) is 1. The van der Waals surface area contributed by atoms with Crippen LogP contribution >= 0.6 is 11.8 Å². The van der Waals surface area contributed by atoms with Crippen LogP contribution in [0.1, 0.15) is 56.4 Å². The van der Waals surface area contributed by atoms with Gasteiger partial charge in [-0.05, 0) is 60.4 Å². The molecule has 0 fully saturated rings. The van der Waals surface area contributed by atoms with Crippen molar-refractivity contribution in [2.45, 2.75) is 42.6 Å². The van der Waals surface area contributed by atoms with Gasteiger partial charge in [0.2, 0.25) is 0 Å². The molecule has 5 rings (SSSR count). The lowest BCUT2D eigenvalue weighted by molar-refractivity contribution is 0.0954. The minimum Gasteiger partial charge on any atom is -0.484 e. The molecular weight excluding hydrogens is 506 g/mol. The summed E-state index contributed by atoms with van der Waals surface area (Å²) in [6, 6.07) is 21.6. The van der Waals surface area contributed by atoms with Crippen LogP contribution in [0.5, 0.6) is 5.75 Å². The number of imidazole rings is 1. The maximum atomic E-state index is 12.8. The number of hydrogen-bond donors (Lipinski definition) is 1. The number of amides is 1. The number of ketones is 1. The molecule has 0 radical (unpaired) electrons. The molecule has 7 heteroatoms. The van der Waals surface area contributed by atoms with Crippen molar-refractivity contribution in [3.05, 3.63) is 126 Å². The average molecular weight is 538 g/mol. The Labute approximate surface area is 233 Å². The molecule has 0 bridgehead atoms. The molecule has 1 amide bonds. The van der Waals surface area contributed by atoms with Crippen LogP contribution in [0.3, 0.4) is 0 Å². The van der Waals surface area contributed by atoms with Crippen molar-refractivity contribution < 1.29 is 14.3 Å². The highest BCUT2D eigenvalue weighted by Crippen LogP contribution is 2.38. The highest BCUT2D eigenvalue weighted by molar-refractivity contribution is 7.98. The fourth-order valence-corrected chi connectivity index (χ4v) is 5.75. The molecule has 3 aromatic carbocycles. The highest BCUT2D eigenvalue weighted by atomic mass is 32.2. The van der Waals surface area contributed by atoms with Gasteiger partial charge in [-0.15, -0.1) is 18.3 Å². The summed E-state index contributed by atoms with van der Waals surface area (Å²) >= 11 is 1.67. The molecule has 4 aromatic rings. The minimum atomic E-state index is -0.227. The molecule has 1 heterocycles. The van der Waals surface area contributed by atoms with Crippen molar-refractivity contribution in [1.82, 2.24) is 14.9 Å². The van der Waals surface area contributed by atoms with Gasteiger partial charge in [-0.25, -0.2) is 4.98 Å². The van der Waals surface area contributed by atoms with E-state index in [2.05, 4.69) is 29.0 Å². The van der Waals surface area contributed by atoms with E-state index in [9.17, 15) is 9.59 Å². The second-order valence-electron chi connectivity index (χ2n) is 9.43. The fourth-order valence-electron chi connectivity index (χ4n) is 4.79. The Morgan fingerprint density at radius 1 is 1.10 bits per heavy atom. The summed E-state index contributed by atoms with van der Waals surface area (Å²) in [4.78, 5) is 30.2. The first-order valence-corrected chi connectivity index (χ1v) is 14.1. The third kappa shape index (κ3) is 6.49. The van der Waals surface area contributed by atoms with Crippen LogP contribution in [0.15, 0.2) is 103 Å². The van der Waals surface area contributed by atoms with Crippen LogP contribution < -0.4 is 10.1 Å². The zero-order valence-corrected chi connectivity index (χ0v) is 22.5. The van der Waals surface area contributed by atoms with Crippen molar-refractivity contribution in [2.24, 2.45) is 0 Å². The first-order chi connectivity index (χ1) is 19.1. The number of benzene rings is 3. The lowest BCUT2D eigenvalue weighted by Crippen LogP contribution is -2.22. The number of fused-ring (bicyclic) bond motifs is 1. The number of rotatable bonds is 11. The van der Waals surface area contributed by atoms with E-state index in [1.165, 1.54) is 0 Å². The predicted molar refractivity (Wildman–Crippen MR) is 154 cm³/mol. The second-order valence-corrected chi connectivity index (χ2v) is 10.5. The SMILES string of the molecule is C=CCNC(=O)c1ccc(SCc2c(OC(Cn3ccnc3)c3ccccc3)ccc3c2CCCC3=O)cc1. The molecule has 1 aromatic heterocycles. The van der Waals surface area contributed by atoms with E-state index in [1.807, 2.05) is 65.4 Å². The first-order valence-electron chi connectivity index (χ1n) is 13.1. The van der Waals surface area contributed by atoms with Gasteiger partial charge in [0.25, 0.3) is 5.91 Å². The summed E-state index contributed by atoms with van der Waals surface area (Å²) in [5.41, 5.74) is 4.64. The molecule has 0 spiro atoms. The Balaban J connectivity index is 1.42. The Bertz CT molecular complexity index is 1430. The zero-order chi connectivity index (χ0) is 27.0. The number of thioether (sulfide) groups is 1. The maximum absolute atomic E-state index is 12.8. The summed E-state index contributed by atoms with van der Waals surface area (Å²) in [5.74, 6) is 1.52. The topological polar surface area (TPSA) is 73.2 Å². The normalized spacial score (nSPS) is 13.4. The van der Waals surface area contributed by atoms with E-state index in [0.717, 1.165) is 45.7 Å². The molecule has 1 unspecified atom stereocenters. The van der Waals surface area contributed by atoms with Gasteiger partial charge in [0.15, 0.2) is 5.78 Å². The smallest absolute Gasteiger partial charge is 0.251 e. The summed E-state index contributed by atoms with van der Waals surface area (Å²) < 4.78 is 8.76. The Hall–Kier alpha value is -4.10. The largest absolute Gasteiger partial charge is 0.484 e. The van der Waals surface area contributed by atoms with Gasteiger partial charge in [0.05, 0.1) is 12.9 Å². The molecule has 1 atom stereocenters. The molecule has 0 saturated heterocycles. The van der Waals surface area contributed by atoms with E-state index < -0.39 is 0 Å². The third-order valence-corrected chi connectivity index (χ3v) is 7.84. The molecule has 6 nitrogen and oxygen atoms in total. The predicted octanol–water partition coefficient (Wildman–Crippen LogP) is 6.43. The van der Waals surface area contributed by atoms with Gasteiger partial charge < -0.3 is 14.6 Å². The number of ether oxygens (including phenoxy) is 1. The van der Waals surface area contributed by atoms with Crippen molar-refractivity contribution >= 4 is 23.5 Å². The molecule has 1 aliphatic carbocycles. The lowest BCUT2D eigenvalue weighted by Gasteiger charge is -2.25. The number of Topliss-reactive ketones (excluding diaryl/α,β-unsaturated/α-hetero) is 1. The molecule has 39 heavy (non-hydrogen) atoms. The van der Waals surface area contributed by atoms with E-state index in [4.69, 9.17) is 4.74 Å². The maximum Gasteiger partial charge on any atom is 0.251 e. The standard InChI is InChI=1S/C32H31N3O3S/c1-2-17-34-32(37)24-11-13-25(14-12-24)39-21-28-26-9-6-10-29(36)27(26)15-16-30(28)38-31(20-35-19-18-33-22-35)23-7-4-3-5-8-23/h2-5,7-8,11-16,18-19,22,31H,1,6,9-10,17,20-21H2,(H,34,37). The van der Waals surface area contributed by atoms with E-state index in [1.54, 1.807) is 30.4 Å². The van der Waals surface area contributed by atoms with Crippen molar-refractivity contribution in [3.63, 3.8) is 0 Å². The van der Waals surface area contributed by atoms with Gasteiger partial charge in [-0.3, -0.25) is 9.59 Å². The summed E-state index contributed by atoms with van der Waals surface area (Å²) in [6.45, 7) is 4.68. The van der Waals surface area contributed by atoms with E-state index in [-0.39, 0.29) is 17.8 Å². The molecule has 1 N–H and O–H groups in total. The van der Waals surface area contributed by atoms with Gasteiger partial charge in [-0.1, -0.05) is 36.4 Å². The molecular formula is C32H31N3O3S. The molecule has 1 aliphatic rings. The second kappa shape index (κ2) is 12.6. The molecule has 0 aliphatic heterocycles. The number of carbonyl (C=O) groups excluding carboxylic acids is 2. The van der Waals surface area contributed by atoms with Crippen LogP contribution in [0, 0.1) is 0 Å². The first kappa shape index (κ1) is 26.5. The quantitative estimate of drug-likeness (QED) is 0.176. The number of carbonyl (C=O) groups is 2. The number of hydrogen-bond acceptors (Lipinski definition) is 5. The van der Waals surface area contributed by atoms with Crippen LogP contribution in [-0.4, -0.2) is 27.8 Å². The Morgan fingerprint density at radius 3 is 2.67 bits per heavy atom. The number of nitrogens with zero attached hydrogens (tertiary/aromatic N) is 2. The van der Waals surface area contributed by atoms with Crippen LogP contribution in [0.2, 0.25) is 0 Å². The van der Waals surface area contributed by atoms with Crippen LogP contribution in [-0.2, 0) is 18.7 Å². The van der Waals surface area contributed by atoms with Crippen molar-refractivity contribution in [3.8, 4) is 5.75 Å². The third-order valence-electron chi connectivity index (χ3n) is 6.80.